The molecule has 1 fully saturated rings. The third-order valence-corrected chi connectivity index (χ3v) is 3.97. The van der Waals surface area contributed by atoms with E-state index < -0.39 is 0 Å². The number of nitrogens with one attached hydrogen (secondary N) is 1. The first-order valence-electron chi connectivity index (χ1n) is 7.63. The van der Waals surface area contributed by atoms with Gasteiger partial charge in [0.1, 0.15) is 5.75 Å². The van der Waals surface area contributed by atoms with Crippen LogP contribution >= 0.6 is 0 Å². The lowest BCUT2D eigenvalue weighted by atomic mass is 10.2. The summed E-state index contributed by atoms with van der Waals surface area (Å²) in [4.78, 5) is 4.35. The zero-order valence-corrected chi connectivity index (χ0v) is 11.8. The Morgan fingerprint density at radius 2 is 2.05 bits per heavy atom. The van der Waals surface area contributed by atoms with Crippen LogP contribution in [0.1, 0.15) is 32.1 Å². The molecule has 0 saturated heterocycles. The van der Waals surface area contributed by atoms with Crippen molar-refractivity contribution in [1.29, 1.82) is 0 Å². The Bertz CT molecular complexity index is 544. The predicted molar refractivity (Wildman–Crippen MR) is 82.1 cm³/mol. The quantitative estimate of drug-likeness (QED) is 0.815. The summed E-state index contributed by atoms with van der Waals surface area (Å²) in [5.74, 6) is 0.941. The lowest BCUT2D eigenvalue weighted by molar-refractivity contribution is 0.308. The maximum absolute atomic E-state index is 5.90. The third-order valence-electron chi connectivity index (χ3n) is 3.97. The van der Waals surface area contributed by atoms with Gasteiger partial charge in [-0.05, 0) is 50.1 Å². The van der Waals surface area contributed by atoms with E-state index in [1.54, 1.807) is 0 Å². The maximum Gasteiger partial charge on any atom is 0.128 e. The molecule has 0 radical (unpaired) electrons. The first-order chi connectivity index (χ1) is 9.93. The van der Waals surface area contributed by atoms with E-state index in [0.29, 0.717) is 0 Å². The van der Waals surface area contributed by atoms with E-state index in [2.05, 4.69) is 16.4 Å². The Morgan fingerprint density at radius 3 is 2.95 bits per heavy atom. The van der Waals surface area contributed by atoms with E-state index in [9.17, 15) is 0 Å². The maximum atomic E-state index is 5.90. The minimum atomic E-state index is 0.747. The van der Waals surface area contributed by atoms with Gasteiger partial charge in [0.2, 0.25) is 0 Å². The molecule has 3 heteroatoms. The van der Waals surface area contributed by atoms with Crippen molar-refractivity contribution in [3.63, 3.8) is 0 Å². The minimum absolute atomic E-state index is 0.747. The molecule has 3 nitrogen and oxygen atoms in total. The number of hydrogen-bond acceptors (Lipinski definition) is 3. The molecule has 0 unspecified atom stereocenters. The third kappa shape index (κ3) is 3.28. The summed E-state index contributed by atoms with van der Waals surface area (Å²) in [7, 11) is 0. The summed E-state index contributed by atoms with van der Waals surface area (Å²) in [5.41, 5.74) is 0.995. The number of rotatable bonds is 6. The van der Waals surface area contributed by atoms with Gasteiger partial charge < -0.3 is 10.1 Å². The highest BCUT2D eigenvalue weighted by Gasteiger charge is 2.13. The monoisotopic (exact) mass is 270 g/mol. The number of benzene rings is 1. The van der Waals surface area contributed by atoms with Gasteiger partial charge in [0.25, 0.3) is 0 Å². The van der Waals surface area contributed by atoms with Gasteiger partial charge in [-0.15, -0.1) is 0 Å². The zero-order valence-electron chi connectivity index (χ0n) is 11.8. The van der Waals surface area contributed by atoms with E-state index in [-0.39, 0.29) is 0 Å². The number of pyridine rings is 1. The van der Waals surface area contributed by atoms with Crippen LogP contribution in [0.25, 0.3) is 10.9 Å². The molecule has 1 aromatic carbocycles. The molecule has 1 aliphatic rings. The second kappa shape index (κ2) is 6.71. The van der Waals surface area contributed by atoms with Crippen LogP contribution in [0.5, 0.6) is 5.75 Å². The lowest BCUT2D eigenvalue weighted by Crippen LogP contribution is -2.27. The smallest absolute Gasteiger partial charge is 0.128 e. The van der Waals surface area contributed by atoms with Gasteiger partial charge in [0, 0.05) is 17.6 Å². The molecule has 3 rings (SSSR count). The van der Waals surface area contributed by atoms with Crippen molar-refractivity contribution in [1.82, 2.24) is 10.3 Å². The van der Waals surface area contributed by atoms with Crippen LogP contribution in [0, 0.1) is 0 Å². The molecule has 1 aromatic heterocycles. The summed E-state index contributed by atoms with van der Waals surface area (Å²) in [5, 5.41) is 4.71. The van der Waals surface area contributed by atoms with Gasteiger partial charge in [-0.1, -0.05) is 18.9 Å². The summed E-state index contributed by atoms with van der Waals surface area (Å²) in [6.45, 7) is 1.81. The molecule has 0 amide bonds. The molecule has 1 N–H and O–H groups in total. The van der Waals surface area contributed by atoms with Gasteiger partial charge in [0.15, 0.2) is 0 Å². The number of nitrogens with zero attached hydrogens (tertiary/aromatic N) is 1. The second-order valence-corrected chi connectivity index (χ2v) is 5.46. The van der Waals surface area contributed by atoms with Gasteiger partial charge >= 0.3 is 0 Å². The van der Waals surface area contributed by atoms with Crippen LogP contribution in [0.2, 0.25) is 0 Å². The van der Waals surface area contributed by atoms with Gasteiger partial charge in [-0.3, -0.25) is 4.98 Å². The fraction of sp³-hybridized carbons (Fsp3) is 0.471. The van der Waals surface area contributed by atoms with Gasteiger partial charge in [0.05, 0.1) is 12.1 Å². The molecule has 1 saturated carbocycles. The average Bonchev–Trinajstić information content (AvgIpc) is 3.00. The molecule has 0 atom stereocenters. The highest BCUT2D eigenvalue weighted by molar-refractivity contribution is 5.84. The van der Waals surface area contributed by atoms with Crippen molar-refractivity contribution in [2.45, 2.75) is 38.1 Å². The Balaban J connectivity index is 1.47. The van der Waals surface area contributed by atoms with E-state index in [0.717, 1.165) is 42.3 Å². The molecule has 20 heavy (non-hydrogen) atoms. The predicted octanol–water partition coefficient (Wildman–Crippen LogP) is 3.54. The largest absolute Gasteiger partial charge is 0.493 e. The average molecular weight is 270 g/mol. The fourth-order valence-electron chi connectivity index (χ4n) is 2.89. The van der Waals surface area contributed by atoms with E-state index >= 15 is 0 Å². The molecule has 2 aromatic rings. The Hall–Kier alpha value is -1.61. The molecule has 1 heterocycles. The van der Waals surface area contributed by atoms with Crippen LogP contribution in [0.15, 0.2) is 36.5 Å². The number of hydrogen-bond donors (Lipinski definition) is 1. The number of aromatic nitrogens is 1. The first kappa shape index (κ1) is 13.4. The summed E-state index contributed by atoms with van der Waals surface area (Å²) in [6.07, 6.45) is 8.32. The fourth-order valence-corrected chi connectivity index (χ4v) is 2.89. The molecular formula is C17H22N2O. The zero-order chi connectivity index (χ0) is 13.6. The molecule has 0 aliphatic heterocycles. The molecule has 0 spiro atoms. The van der Waals surface area contributed by atoms with Crippen LogP contribution in [0.3, 0.4) is 0 Å². The van der Waals surface area contributed by atoms with E-state index in [1.807, 2.05) is 30.5 Å². The Kier molecular flexibility index (Phi) is 4.49. The standard InChI is InChI=1S/C17H22N2O/c1-2-7-14(6-1)18-12-5-13-20-17-10-3-9-16-15(17)8-4-11-19-16/h3-4,8-11,14,18H,1-2,5-7,12-13H2. The van der Waals surface area contributed by atoms with E-state index in [1.165, 1.54) is 25.7 Å². The molecule has 0 bridgehead atoms. The van der Waals surface area contributed by atoms with Gasteiger partial charge in [-0.2, -0.15) is 0 Å². The van der Waals surface area contributed by atoms with E-state index in [4.69, 9.17) is 4.74 Å². The van der Waals surface area contributed by atoms with Crippen molar-refractivity contribution >= 4 is 10.9 Å². The highest BCUT2D eigenvalue weighted by atomic mass is 16.5. The topological polar surface area (TPSA) is 34.1 Å². The summed E-state index contributed by atoms with van der Waals surface area (Å²) >= 11 is 0. The van der Waals surface area contributed by atoms with Crippen molar-refractivity contribution in [3.8, 4) is 5.75 Å². The Labute approximate surface area is 120 Å². The van der Waals surface area contributed by atoms with Crippen LogP contribution < -0.4 is 10.1 Å². The summed E-state index contributed by atoms with van der Waals surface area (Å²) < 4.78 is 5.90. The molecule has 1 aliphatic carbocycles. The number of ether oxygens (including phenoxy) is 1. The normalized spacial score (nSPS) is 15.8. The summed E-state index contributed by atoms with van der Waals surface area (Å²) in [6, 6.07) is 10.8. The van der Waals surface area contributed by atoms with Crippen molar-refractivity contribution < 1.29 is 4.74 Å². The lowest BCUT2D eigenvalue weighted by Gasteiger charge is -2.12. The van der Waals surface area contributed by atoms with Crippen LogP contribution in [-0.2, 0) is 0 Å². The molecule has 106 valence electrons. The van der Waals surface area contributed by atoms with Crippen molar-refractivity contribution in [2.24, 2.45) is 0 Å². The number of fused-ring (bicyclic) bond motifs is 1. The van der Waals surface area contributed by atoms with Crippen LogP contribution in [-0.4, -0.2) is 24.2 Å². The highest BCUT2D eigenvalue weighted by Crippen LogP contribution is 2.23. The minimum Gasteiger partial charge on any atom is -0.493 e. The Morgan fingerprint density at radius 1 is 1.15 bits per heavy atom. The SMILES string of the molecule is c1cc(OCCCNC2CCCC2)c2cccnc2c1. The van der Waals surface area contributed by atoms with Crippen molar-refractivity contribution in [3.05, 3.63) is 36.5 Å². The van der Waals surface area contributed by atoms with Crippen molar-refractivity contribution in [2.75, 3.05) is 13.2 Å². The van der Waals surface area contributed by atoms with Crippen LogP contribution in [0.4, 0.5) is 0 Å². The van der Waals surface area contributed by atoms with Gasteiger partial charge in [-0.25, -0.2) is 0 Å². The molecular weight excluding hydrogens is 248 g/mol. The second-order valence-electron chi connectivity index (χ2n) is 5.46. The first-order valence-corrected chi connectivity index (χ1v) is 7.63.